The number of aliphatic hydroxyl groups is 1. The summed E-state index contributed by atoms with van der Waals surface area (Å²) in [7, 11) is 0. The van der Waals surface area contributed by atoms with E-state index >= 15 is 0 Å². The van der Waals surface area contributed by atoms with Crippen LogP contribution in [0, 0.1) is 5.41 Å². The Hall–Kier alpha value is -3.28. The minimum Gasteiger partial charge on any atom is -0.396 e. The fourth-order valence-electron chi connectivity index (χ4n) is 6.31. The van der Waals surface area contributed by atoms with Gasteiger partial charge in [0.25, 0.3) is 11.8 Å². The molecule has 1 aliphatic carbocycles. The molecule has 2 aliphatic rings. The van der Waals surface area contributed by atoms with Gasteiger partial charge in [-0.05, 0) is 56.5 Å². The van der Waals surface area contributed by atoms with Gasteiger partial charge in [-0.2, -0.15) is 0 Å². The highest BCUT2D eigenvalue weighted by Crippen LogP contribution is 2.39. The number of aromatic amines is 1. The normalized spacial score (nSPS) is 21.9. The Morgan fingerprint density at radius 3 is 2.61 bits per heavy atom. The molecule has 0 bridgehead atoms. The molecule has 6 rings (SSSR count). The summed E-state index contributed by atoms with van der Waals surface area (Å²) in [4.78, 5) is 38.4. The van der Waals surface area contributed by atoms with Gasteiger partial charge in [0.1, 0.15) is 5.69 Å². The summed E-state index contributed by atoms with van der Waals surface area (Å²) in [6.07, 6.45) is 1.71. The average molecular weight is 636 g/mol. The number of benzene rings is 2. The molecule has 3 heterocycles. The molecule has 9 nitrogen and oxygen atoms in total. The summed E-state index contributed by atoms with van der Waals surface area (Å²) in [6, 6.07) is 16.6. The van der Waals surface area contributed by atoms with Crippen molar-refractivity contribution < 1.29 is 19.4 Å². The first-order chi connectivity index (χ1) is 21.2. The lowest BCUT2D eigenvalue weighted by Gasteiger charge is -2.29. The minimum atomic E-state index is -0.640. The van der Waals surface area contributed by atoms with Crippen molar-refractivity contribution in [2.75, 3.05) is 19.8 Å². The molecule has 0 saturated heterocycles. The highest BCUT2D eigenvalue weighted by atomic mass is 35.5. The zero-order valence-corrected chi connectivity index (χ0v) is 26.5. The number of hydrogen-bond acceptors (Lipinski definition) is 7. The number of thiazole rings is 1. The lowest BCUT2D eigenvalue weighted by atomic mass is 9.87. The second-order valence-electron chi connectivity index (χ2n) is 12.3. The maximum Gasteiger partial charge on any atom is 0.280 e. The van der Waals surface area contributed by atoms with Crippen LogP contribution in [-0.2, 0) is 24.3 Å². The van der Waals surface area contributed by atoms with Crippen LogP contribution in [-0.4, -0.2) is 69.7 Å². The van der Waals surface area contributed by atoms with Gasteiger partial charge in [-0.3, -0.25) is 14.5 Å². The van der Waals surface area contributed by atoms with Crippen LogP contribution in [0.3, 0.4) is 0 Å². The topological polar surface area (TPSA) is 120 Å². The Morgan fingerprint density at radius 1 is 1.14 bits per heavy atom. The molecule has 0 spiro atoms. The maximum atomic E-state index is 13.6. The maximum absolute atomic E-state index is 13.6. The van der Waals surface area contributed by atoms with Gasteiger partial charge in [0.2, 0.25) is 0 Å². The number of aliphatic hydroxyl groups excluding tert-OH is 1. The van der Waals surface area contributed by atoms with Crippen LogP contribution in [0.4, 0.5) is 0 Å². The van der Waals surface area contributed by atoms with Crippen molar-refractivity contribution in [3.63, 3.8) is 0 Å². The Labute approximate surface area is 266 Å². The van der Waals surface area contributed by atoms with Crippen molar-refractivity contribution in [1.82, 2.24) is 25.5 Å². The molecule has 1 saturated carbocycles. The highest BCUT2D eigenvalue weighted by Gasteiger charge is 2.47. The first-order valence-corrected chi connectivity index (χ1v) is 16.3. The predicted molar refractivity (Wildman–Crippen MR) is 172 cm³/mol. The predicted octanol–water partition coefficient (Wildman–Crippen LogP) is 4.93. The fourth-order valence-corrected chi connectivity index (χ4v) is 7.53. The molecule has 4 N–H and O–H groups in total. The number of H-pyrrole nitrogens is 1. The smallest absolute Gasteiger partial charge is 0.280 e. The third-order valence-corrected chi connectivity index (χ3v) is 10.1. The SMILES string of the molecule is CC(C)N1CCc2nc(C(=O)NC3CC(CO)(COCc4ccccc4)CC3NC(=O)c3cc4cc(Cl)ccc4[nH]3)sc2C1. The molecule has 4 aromatic rings. The number of fused-ring (bicyclic) bond motifs is 2. The summed E-state index contributed by atoms with van der Waals surface area (Å²) in [6.45, 7) is 6.63. The van der Waals surface area contributed by atoms with Crippen molar-refractivity contribution in [3.05, 3.63) is 86.5 Å². The Balaban J connectivity index is 1.20. The van der Waals surface area contributed by atoms with Gasteiger partial charge >= 0.3 is 0 Å². The first kappa shape index (κ1) is 30.7. The Morgan fingerprint density at radius 2 is 1.89 bits per heavy atom. The molecule has 2 aromatic carbocycles. The largest absolute Gasteiger partial charge is 0.396 e. The van der Waals surface area contributed by atoms with Crippen molar-refractivity contribution in [2.24, 2.45) is 5.41 Å². The standard InChI is InChI=1S/C33H38ClN5O4S/c1-20(2)39-11-10-25-29(16-39)44-32(38-25)31(42)37-28-15-33(18-40,19-43-17-21-6-4-3-5-7-21)14-27(28)36-30(41)26-13-22-12-23(34)8-9-24(22)35-26/h3-9,12-13,20,27-28,35,40H,10-11,14-19H2,1-2H3,(H,36,41)(H,37,42). The van der Waals surface area contributed by atoms with Gasteiger partial charge in [-0.25, -0.2) is 4.98 Å². The van der Waals surface area contributed by atoms with Crippen molar-refractivity contribution in [3.8, 4) is 0 Å². The number of nitrogens with one attached hydrogen (secondary N) is 3. The Kier molecular flexibility index (Phi) is 9.07. The van der Waals surface area contributed by atoms with Crippen LogP contribution in [0.2, 0.25) is 5.02 Å². The number of halogens is 1. The van der Waals surface area contributed by atoms with Gasteiger partial charge in [-0.15, -0.1) is 11.3 Å². The number of amides is 2. The molecule has 1 aliphatic heterocycles. The molecular weight excluding hydrogens is 598 g/mol. The first-order valence-electron chi connectivity index (χ1n) is 15.1. The lowest BCUT2D eigenvalue weighted by molar-refractivity contribution is 0.000383. The van der Waals surface area contributed by atoms with Gasteiger partial charge in [0.15, 0.2) is 5.01 Å². The van der Waals surface area contributed by atoms with Crippen LogP contribution in [0.25, 0.3) is 10.9 Å². The van der Waals surface area contributed by atoms with E-state index in [1.807, 2.05) is 36.4 Å². The third kappa shape index (κ3) is 6.69. The van der Waals surface area contributed by atoms with E-state index in [0.29, 0.717) is 47.8 Å². The summed E-state index contributed by atoms with van der Waals surface area (Å²) in [5.41, 5.74) is 2.59. The van der Waals surface area contributed by atoms with Crippen molar-refractivity contribution in [2.45, 2.75) is 64.4 Å². The fraction of sp³-hybridized carbons (Fsp3) is 0.424. The number of carbonyl (C=O) groups is 2. The summed E-state index contributed by atoms with van der Waals surface area (Å²) in [5.74, 6) is -0.553. The third-order valence-electron chi connectivity index (χ3n) is 8.79. The van der Waals surface area contributed by atoms with Crippen LogP contribution < -0.4 is 10.6 Å². The molecule has 11 heteroatoms. The van der Waals surface area contributed by atoms with E-state index in [-0.39, 0.29) is 18.4 Å². The molecular formula is C33H38ClN5O4S. The lowest BCUT2D eigenvalue weighted by Crippen LogP contribution is -2.48. The molecule has 3 atom stereocenters. The molecule has 232 valence electrons. The van der Waals surface area contributed by atoms with Gasteiger partial charge in [0.05, 0.1) is 37.6 Å². The number of aromatic nitrogens is 2. The highest BCUT2D eigenvalue weighted by molar-refractivity contribution is 7.13. The zero-order chi connectivity index (χ0) is 30.8. The molecule has 2 amide bonds. The number of hydrogen-bond donors (Lipinski definition) is 4. The van der Waals surface area contributed by atoms with Crippen LogP contribution in [0.15, 0.2) is 54.6 Å². The van der Waals surface area contributed by atoms with E-state index in [1.54, 1.807) is 18.2 Å². The van der Waals surface area contributed by atoms with E-state index < -0.39 is 17.5 Å². The van der Waals surface area contributed by atoms with E-state index in [1.165, 1.54) is 11.3 Å². The summed E-state index contributed by atoms with van der Waals surface area (Å²) in [5, 5.41) is 18.8. The Bertz CT molecular complexity index is 1640. The van der Waals surface area contributed by atoms with Crippen LogP contribution in [0.5, 0.6) is 0 Å². The number of rotatable bonds is 10. The monoisotopic (exact) mass is 635 g/mol. The summed E-state index contributed by atoms with van der Waals surface area (Å²) >= 11 is 7.59. The number of nitrogens with zero attached hydrogens (tertiary/aromatic N) is 2. The number of carbonyl (C=O) groups excluding carboxylic acids is 2. The van der Waals surface area contributed by atoms with Crippen LogP contribution in [0.1, 0.15) is 63.1 Å². The van der Waals surface area contributed by atoms with Crippen molar-refractivity contribution >= 4 is 45.7 Å². The van der Waals surface area contributed by atoms with E-state index in [9.17, 15) is 14.7 Å². The van der Waals surface area contributed by atoms with Gasteiger partial charge < -0.3 is 25.5 Å². The van der Waals surface area contributed by atoms with E-state index in [0.717, 1.165) is 46.5 Å². The molecule has 3 unspecified atom stereocenters. The molecule has 2 aromatic heterocycles. The molecule has 0 radical (unpaired) electrons. The molecule has 44 heavy (non-hydrogen) atoms. The number of ether oxygens (including phenoxy) is 1. The quantitative estimate of drug-likeness (QED) is 0.196. The second kappa shape index (κ2) is 13.0. The van der Waals surface area contributed by atoms with E-state index in [4.69, 9.17) is 21.3 Å². The van der Waals surface area contributed by atoms with Gasteiger partial charge in [0, 0.05) is 51.8 Å². The average Bonchev–Trinajstić information content (AvgIpc) is 3.73. The van der Waals surface area contributed by atoms with Gasteiger partial charge in [-0.1, -0.05) is 41.9 Å². The second-order valence-corrected chi connectivity index (χ2v) is 13.8. The zero-order valence-electron chi connectivity index (χ0n) is 24.9. The van der Waals surface area contributed by atoms with Crippen molar-refractivity contribution in [1.29, 1.82) is 0 Å². The van der Waals surface area contributed by atoms with Crippen LogP contribution >= 0.6 is 22.9 Å². The van der Waals surface area contributed by atoms with E-state index in [2.05, 4.69) is 34.4 Å². The minimum absolute atomic E-state index is 0.137. The molecule has 1 fully saturated rings. The summed E-state index contributed by atoms with van der Waals surface area (Å²) < 4.78 is 6.09.